The number of ether oxygens (including phenoxy) is 1. The summed E-state index contributed by atoms with van der Waals surface area (Å²) in [5, 5.41) is 27.7. The average molecular weight is 274 g/mol. The van der Waals surface area contributed by atoms with Crippen molar-refractivity contribution in [1.29, 1.82) is 0 Å². The smallest absolute Gasteiger partial charge is 0.169 e. The highest BCUT2D eigenvalue weighted by atomic mass is 127. The Bertz CT molecular complexity index is 129. The number of aliphatic hydroxyl groups is 3. The summed E-state index contributed by atoms with van der Waals surface area (Å²) >= 11 is 1.85. The van der Waals surface area contributed by atoms with E-state index in [1.807, 2.05) is 22.6 Å². The van der Waals surface area contributed by atoms with Gasteiger partial charge in [0.15, 0.2) is 6.29 Å². The van der Waals surface area contributed by atoms with Gasteiger partial charge >= 0.3 is 0 Å². The molecule has 0 radical (unpaired) electrons. The van der Waals surface area contributed by atoms with E-state index in [0.717, 1.165) is 0 Å². The van der Waals surface area contributed by atoms with E-state index in [4.69, 9.17) is 9.84 Å². The van der Waals surface area contributed by atoms with Crippen molar-refractivity contribution < 1.29 is 20.1 Å². The third kappa shape index (κ3) is 1.83. The van der Waals surface area contributed by atoms with E-state index in [1.54, 1.807) is 6.92 Å². The third-order valence-electron chi connectivity index (χ3n) is 1.78. The fourth-order valence-electron chi connectivity index (χ4n) is 1.01. The van der Waals surface area contributed by atoms with Crippen LogP contribution < -0.4 is 0 Å². The van der Waals surface area contributed by atoms with Gasteiger partial charge < -0.3 is 20.1 Å². The van der Waals surface area contributed by atoms with Gasteiger partial charge in [0.25, 0.3) is 0 Å². The Kier molecular flexibility index (Phi) is 3.10. The van der Waals surface area contributed by atoms with E-state index >= 15 is 0 Å². The molecule has 11 heavy (non-hydrogen) atoms. The topological polar surface area (TPSA) is 69.9 Å². The van der Waals surface area contributed by atoms with E-state index in [1.165, 1.54) is 0 Å². The summed E-state index contributed by atoms with van der Waals surface area (Å²) in [6.07, 6.45) is -3.30. The molecule has 0 aliphatic carbocycles. The Labute approximate surface area is 78.3 Å². The lowest BCUT2D eigenvalue weighted by Gasteiger charge is -2.36. The second-order valence-corrected chi connectivity index (χ2v) is 4.10. The minimum absolute atomic E-state index is 0.459. The third-order valence-corrected chi connectivity index (χ3v) is 3.14. The molecule has 0 unspecified atom stereocenters. The van der Waals surface area contributed by atoms with Gasteiger partial charge in [-0.1, -0.05) is 22.6 Å². The van der Waals surface area contributed by atoms with Crippen molar-refractivity contribution in [2.75, 3.05) is 0 Å². The Morgan fingerprint density at radius 3 is 2.27 bits per heavy atom. The van der Waals surface area contributed by atoms with E-state index in [0.29, 0.717) is 0 Å². The van der Waals surface area contributed by atoms with Crippen LogP contribution in [-0.4, -0.2) is 43.8 Å². The first kappa shape index (κ1) is 9.66. The van der Waals surface area contributed by atoms with Gasteiger partial charge in [0.05, 0.1) is 16.1 Å². The lowest BCUT2D eigenvalue weighted by molar-refractivity contribution is -0.218. The van der Waals surface area contributed by atoms with E-state index < -0.39 is 28.5 Å². The molecule has 1 aliphatic rings. The average Bonchev–Trinajstić information content (AvgIpc) is 1.97. The zero-order valence-electron chi connectivity index (χ0n) is 6.01. The standard InChI is InChI=1S/C6H11IO4/c1-2-4(8)5(9)3(7)6(10)11-2/h2-6,8-10H,1H3/t2-,3-,4-,5-,6+/m1/s1. The maximum Gasteiger partial charge on any atom is 0.169 e. The maximum absolute atomic E-state index is 9.29. The lowest BCUT2D eigenvalue weighted by atomic mass is 10.0. The molecule has 0 amide bonds. The van der Waals surface area contributed by atoms with Gasteiger partial charge in [-0.25, -0.2) is 0 Å². The van der Waals surface area contributed by atoms with Gasteiger partial charge in [-0.15, -0.1) is 0 Å². The van der Waals surface area contributed by atoms with Gasteiger partial charge in [-0.3, -0.25) is 0 Å². The Balaban J connectivity index is 2.63. The van der Waals surface area contributed by atoms with Gasteiger partial charge in [-0.2, -0.15) is 0 Å². The van der Waals surface area contributed by atoms with Crippen LogP contribution in [0.4, 0.5) is 0 Å². The van der Waals surface area contributed by atoms with Gasteiger partial charge in [0.2, 0.25) is 0 Å². The van der Waals surface area contributed by atoms with Crippen LogP contribution in [0.5, 0.6) is 0 Å². The number of alkyl halides is 1. The molecule has 1 saturated heterocycles. The van der Waals surface area contributed by atoms with Crippen molar-refractivity contribution in [2.24, 2.45) is 0 Å². The summed E-state index contributed by atoms with van der Waals surface area (Å²) in [5.41, 5.74) is 0. The first-order valence-electron chi connectivity index (χ1n) is 3.37. The second kappa shape index (κ2) is 3.53. The zero-order valence-corrected chi connectivity index (χ0v) is 8.17. The largest absolute Gasteiger partial charge is 0.389 e. The molecule has 5 atom stereocenters. The zero-order chi connectivity index (χ0) is 8.59. The fraction of sp³-hybridized carbons (Fsp3) is 1.00. The maximum atomic E-state index is 9.29. The minimum Gasteiger partial charge on any atom is -0.389 e. The van der Waals surface area contributed by atoms with Crippen molar-refractivity contribution in [3.05, 3.63) is 0 Å². The van der Waals surface area contributed by atoms with Crippen LogP contribution in [0, 0.1) is 0 Å². The molecule has 0 aromatic heterocycles. The molecule has 0 saturated carbocycles. The first-order chi connectivity index (χ1) is 5.04. The molecule has 3 N–H and O–H groups in total. The molecular formula is C6H11IO4. The lowest BCUT2D eigenvalue weighted by Crippen LogP contribution is -2.54. The summed E-state index contributed by atoms with van der Waals surface area (Å²) in [6, 6.07) is 0. The van der Waals surface area contributed by atoms with E-state index in [2.05, 4.69) is 0 Å². The van der Waals surface area contributed by atoms with E-state index in [-0.39, 0.29) is 0 Å². The van der Waals surface area contributed by atoms with Crippen LogP contribution >= 0.6 is 22.6 Å². The molecule has 0 spiro atoms. The summed E-state index contributed by atoms with van der Waals surface area (Å²) < 4.78 is 4.46. The molecular weight excluding hydrogens is 263 g/mol. The number of halogens is 1. The molecule has 0 aromatic carbocycles. The SMILES string of the molecule is C[C@H]1O[C@H](O)[C@H](I)[C@@H](O)[C@@H]1O. The highest BCUT2D eigenvalue weighted by molar-refractivity contribution is 14.1. The molecule has 1 aliphatic heterocycles. The fourth-order valence-corrected chi connectivity index (χ4v) is 1.61. The minimum atomic E-state index is -0.982. The van der Waals surface area contributed by atoms with Crippen LogP contribution in [0.2, 0.25) is 0 Å². The van der Waals surface area contributed by atoms with Crippen LogP contribution in [0.15, 0.2) is 0 Å². The highest BCUT2D eigenvalue weighted by Crippen LogP contribution is 2.24. The molecule has 0 bridgehead atoms. The van der Waals surface area contributed by atoms with Gasteiger partial charge in [-0.05, 0) is 6.92 Å². The highest BCUT2D eigenvalue weighted by Gasteiger charge is 2.40. The van der Waals surface area contributed by atoms with Crippen molar-refractivity contribution in [1.82, 2.24) is 0 Å². The summed E-state index contributed by atoms with van der Waals surface area (Å²) in [5.74, 6) is 0. The normalized spacial score (nSPS) is 52.6. The number of hydrogen-bond acceptors (Lipinski definition) is 4. The van der Waals surface area contributed by atoms with Crippen LogP contribution in [-0.2, 0) is 4.74 Å². The summed E-state index contributed by atoms with van der Waals surface area (Å²) in [4.78, 5) is 0. The number of rotatable bonds is 0. The Morgan fingerprint density at radius 2 is 1.73 bits per heavy atom. The molecule has 1 fully saturated rings. The monoisotopic (exact) mass is 274 g/mol. The van der Waals surface area contributed by atoms with E-state index in [9.17, 15) is 10.2 Å². The number of aliphatic hydroxyl groups excluding tert-OH is 3. The molecule has 0 aromatic rings. The molecule has 4 nitrogen and oxygen atoms in total. The predicted molar refractivity (Wildman–Crippen MR) is 46.4 cm³/mol. The second-order valence-electron chi connectivity index (χ2n) is 2.66. The summed E-state index contributed by atoms with van der Waals surface area (Å²) in [7, 11) is 0. The predicted octanol–water partition coefficient (Wildman–Crippen LogP) is -0.751. The molecule has 1 heterocycles. The van der Waals surface area contributed by atoms with Crippen LogP contribution in [0.3, 0.4) is 0 Å². The Hall–Kier alpha value is 0.570. The molecule has 66 valence electrons. The van der Waals surface area contributed by atoms with Gasteiger partial charge in [0.1, 0.15) is 6.10 Å². The van der Waals surface area contributed by atoms with Crippen molar-refractivity contribution in [3.8, 4) is 0 Å². The first-order valence-corrected chi connectivity index (χ1v) is 4.62. The Morgan fingerprint density at radius 1 is 1.18 bits per heavy atom. The van der Waals surface area contributed by atoms with Crippen molar-refractivity contribution in [2.45, 2.75) is 35.5 Å². The van der Waals surface area contributed by atoms with Crippen molar-refractivity contribution >= 4 is 22.6 Å². The van der Waals surface area contributed by atoms with Crippen LogP contribution in [0.1, 0.15) is 6.92 Å². The quantitative estimate of drug-likeness (QED) is 0.401. The molecule has 1 rings (SSSR count). The summed E-state index contributed by atoms with van der Waals surface area (Å²) in [6.45, 7) is 1.61. The number of hydrogen-bond donors (Lipinski definition) is 3. The van der Waals surface area contributed by atoms with Crippen molar-refractivity contribution in [3.63, 3.8) is 0 Å². The molecule has 5 heteroatoms. The van der Waals surface area contributed by atoms with Gasteiger partial charge in [0, 0.05) is 0 Å². The van der Waals surface area contributed by atoms with Crippen LogP contribution in [0.25, 0.3) is 0 Å².